The van der Waals surface area contributed by atoms with Crippen LogP contribution in [0.4, 0.5) is 0 Å². The van der Waals surface area contributed by atoms with Crippen LogP contribution in [-0.4, -0.2) is 31.6 Å². The zero-order valence-corrected chi connectivity index (χ0v) is 11.3. The first-order valence-electron chi connectivity index (χ1n) is 7.58. The van der Waals surface area contributed by atoms with E-state index in [1.54, 1.807) is 19.3 Å². The lowest BCUT2D eigenvalue weighted by molar-refractivity contribution is -0.0661. The Morgan fingerprint density at radius 1 is 1.06 bits per heavy atom. The fourth-order valence-electron chi connectivity index (χ4n) is 5.50. The van der Waals surface area contributed by atoms with Gasteiger partial charge in [0.25, 0.3) is 0 Å². The summed E-state index contributed by atoms with van der Waals surface area (Å²) in [5, 5.41) is 0. The maximum absolute atomic E-state index is 5.61. The topological polar surface area (TPSA) is 29.3 Å². The predicted molar refractivity (Wildman–Crippen MR) is 71.8 cm³/mol. The molecule has 2 nitrogen and oxygen atoms in total. The minimum Gasteiger partial charge on any atom is -0.330 e. The summed E-state index contributed by atoms with van der Waals surface area (Å²) >= 11 is 0. The maximum Gasteiger partial charge on any atom is 0.00352 e. The van der Waals surface area contributed by atoms with Crippen molar-refractivity contribution >= 4 is 0 Å². The second-order valence-electron chi connectivity index (χ2n) is 7.30. The lowest BCUT2D eigenvalue weighted by Gasteiger charge is -2.57. The second-order valence-corrected chi connectivity index (χ2v) is 7.30. The fraction of sp³-hybridized carbons (Fsp3) is 1.00. The summed E-state index contributed by atoms with van der Waals surface area (Å²) in [6.07, 6.45) is 10.4. The molecule has 2 N–H and O–H groups in total. The van der Waals surface area contributed by atoms with Gasteiger partial charge in [0.1, 0.15) is 0 Å². The molecule has 17 heavy (non-hydrogen) atoms. The van der Waals surface area contributed by atoms with Crippen LogP contribution in [0, 0.1) is 23.2 Å². The molecule has 4 bridgehead atoms. The van der Waals surface area contributed by atoms with E-state index < -0.39 is 0 Å². The normalized spacial score (nSPS) is 43.6. The van der Waals surface area contributed by atoms with E-state index in [1.165, 1.54) is 32.4 Å². The Balaban J connectivity index is 1.62. The zero-order valence-electron chi connectivity index (χ0n) is 11.3. The van der Waals surface area contributed by atoms with Crippen LogP contribution >= 0.6 is 0 Å². The summed E-state index contributed by atoms with van der Waals surface area (Å²) < 4.78 is 0. The van der Waals surface area contributed by atoms with E-state index in [0.717, 1.165) is 30.7 Å². The predicted octanol–water partition coefficient (Wildman–Crippen LogP) is 2.48. The Labute approximate surface area is 106 Å². The molecule has 4 rings (SSSR count). The molecule has 2 heteroatoms. The molecule has 4 fully saturated rings. The van der Waals surface area contributed by atoms with Gasteiger partial charge in [-0.1, -0.05) is 0 Å². The molecular weight excluding hydrogens is 208 g/mol. The van der Waals surface area contributed by atoms with Crippen molar-refractivity contribution in [2.75, 3.05) is 26.7 Å². The molecule has 0 radical (unpaired) electrons. The molecule has 0 heterocycles. The second kappa shape index (κ2) is 4.55. The molecule has 4 aliphatic rings. The minimum absolute atomic E-state index is 0.706. The van der Waals surface area contributed by atoms with Crippen molar-refractivity contribution in [3.63, 3.8) is 0 Å². The molecule has 0 aromatic heterocycles. The smallest absolute Gasteiger partial charge is 0.00352 e. The highest BCUT2D eigenvalue weighted by Gasteiger charge is 2.50. The van der Waals surface area contributed by atoms with Crippen LogP contribution in [0.3, 0.4) is 0 Å². The highest BCUT2D eigenvalue weighted by Crippen LogP contribution is 2.60. The molecule has 0 amide bonds. The monoisotopic (exact) mass is 236 g/mol. The fourth-order valence-corrected chi connectivity index (χ4v) is 5.50. The van der Waals surface area contributed by atoms with Gasteiger partial charge in [-0.15, -0.1) is 0 Å². The average Bonchev–Trinajstić information content (AvgIpc) is 2.23. The Hall–Kier alpha value is -0.0800. The van der Waals surface area contributed by atoms with Gasteiger partial charge < -0.3 is 10.6 Å². The molecule has 4 saturated carbocycles. The van der Waals surface area contributed by atoms with Gasteiger partial charge in [0, 0.05) is 6.54 Å². The van der Waals surface area contributed by atoms with E-state index in [2.05, 4.69) is 11.9 Å². The van der Waals surface area contributed by atoms with Crippen molar-refractivity contribution in [2.45, 2.75) is 44.9 Å². The first-order valence-corrected chi connectivity index (χ1v) is 7.58. The molecule has 0 aliphatic heterocycles. The maximum atomic E-state index is 5.61. The van der Waals surface area contributed by atoms with Crippen molar-refractivity contribution in [2.24, 2.45) is 28.9 Å². The van der Waals surface area contributed by atoms with Gasteiger partial charge in [-0.25, -0.2) is 0 Å². The highest BCUT2D eigenvalue weighted by atomic mass is 15.1. The van der Waals surface area contributed by atoms with Gasteiger partial charge in [-0.3, -0.25) is 0 Å². The average molecular weight is 236 g/mol. The Bertz CT molecular complexity index is 239. The summed E-state index contributed by atoms with van der Waals surface area (Å²) in [6, 6.07) is 0. The third-order valence-electron chi connectivity index (χ3n) is 5.51. The number of nitrogens with zero attached hydrogens (tertiary/aromatic N) is 1. The van der Waals surface area contributed by atoms with Crippen molar-refractivity contribution in [3.05, 3.63) is 0 Å². The molecule has 0 aromatic carbocycles. The van der Waals surface area contributed by atoms with Crippen molar-refractivity contribution in [1.29, 1.82) is 0 Å². The van der Waals surface area contributed by atoms with Crippen LogP contribution in [-0.2, 0) is 0 Å². The van der Waals surface area contributed by atoms with Gasteiger partial charge in [-0.05, 0) is 88.3 Å². The van der Waals surface area contributed by atoms with Gasteiger partial charge in [0.15, 0.2) is 0 Å². The molecule has 0 atom stereocenters. The molecule has 4 aliphatic carbocycles. The van der Waals surface area contributed by atoms with Gasteiger partial charge in [-0.2, -0.15) is 0 Å². The van der Waals surface area contributed by atoms with Crippen LogP contribution in [0.5, 0.6) is 0 Å². The quantitative estimate of drug-likeness (QED) is 0.794. The van der Waals surface area contributed by atoms with Crippen LogP contribution in [0.2, 0.25) is 0 Å². The number of rotatable bonds is 5. The van der Waals surface area contributed by atoms with E-state index in [1.807, 2.05) is 0 Å². The van der Waals surface area contributed by atoms with Crippen LogP contribution in [0.1, 0.15) is 44.9 Å². The summed E-state index contributed by atoms with van der Waals surface area (Å²) in [7, 11) is 2.30. The third kappa shape index (κ3) is 2.39. The zero-order chi connectivity index (χ0) is 11.9. The molecule has 98 valence electrons. The van der Waals surface area contributed by atoms with E-state index in [4.69, 9.17) is 5.73 Å². The van der Waals surface area contributed by atoms with Crippen molar-refractivity contribution < 1.29 is 0 Å². The summed E-state index contributed by atoms with van der Waals surface area (Å²) in [4.78, 5) is 2.56. The first-order chi connectivity index (χ1) is 8.19. The van der Waals surface area contributed by atoms with Crippen molar-refractivity contribution in [3.8, 4) is 0 Å². The molecule has 0 unspecified atom stereocenters. The summed E-state index contributed by atoms with van der Waals surface area (Å²) in [6.45, 7) is 3.37. The SMILES string of the molecule is CN(CCCN)CC12CC3CC(CC(C3)C1)C2. The van der Waals surface area contributed by atoms with Gasteiger partial charge >= 0.3 is 0 Å². The van der Waals surface area contributed by atoms with E-state index in [-0.39, 0.29) is 0 Å². The van der Waals surface area contributed by atoms with Crippen LogP contribution in [0.25, 0.3) is 0 Å². The molecule has 0 saturated heterocycles. The van der Waals surface area contributed by atoms with E-state index in [9.17, 15) is 0 Å². The van der Waals surface area contributed by atoms with E-state index in [0.29, 0.717) is 5.41 Å². The Morgan fingerprint density at radius 3 is 2.06 bits per heavy atom. The van der Waals surface area contributed by atoms with Gasteiger partial charge in [0.2, 0.25) is 0 Å². The van der Waals surface area contributed by atoms with Crippen LogP contribution < -0.4 is 5.73 Å². The third-order valence-corrected chi connectivity index (χ3v) is 5.51. The summed E-state index contributed by atoms with van der Waals surface area (Å²) in [5.74, 6) is 3.26. The van der Waals surface area contributed by atoms with E-state index >= 15 is 0 Å². The Morgan fingerprint density at radius 2 is 1.59 bits per heavy atom. The van der Waals surface area contributed by atoms with Gasteiger partial charge in [0.05, 0.1) is 0 Å². The molecule has 0 aromatic rings. The number of hydrogen-bond donors (Lipinski definition) is 1. The molecular formula is C15H28N2. The highest BCUT2D eigenvalue weighted by molar-refractivity contribution is 5.02. The molecule has 0 spiro atoms. The Kier molecular flexibility index (Phi) is 3.20. The largest absolute Gasteiger partial charge is 0.330 e. The van der Waals surface area contributed by atoms with Crippen LogP contribution in [0.15, 0.2) is 0 Å². The van der Waals surface area contributed by atoms with Crippen molar-refractivity contribution in [1.82, 2.24) is 4.90 Å². The standard InChI is InChI=1S/C15H28N2/c1-17(4-2-3-16)11-15-8-12-5-13(9-15)7-14(6-12)10-15/h12-14H,2-11,16H2,1H3. The lowest BCUT2D eigenvalue weighted by Crippen LogP contribution is -2.50. The minimum atomic E-state index is 0.706. The first kappa shape index (κ1) is 12.0. The summed E-state index contributed by atoms with van der Waals surface area (Å²) in [5.41, 5.74) is 6.32. The number of nitrogens with two attached hydrogens (primary N) is 1. The lowest BCUT2D eigenvalue weighted by atomic mass is 9.49. The number of hydrogen-bond acceptors (Lipinski definition) is 2.